The highest BCUT2D eigenvalue weighted by molar-refractivity contribution is 7.99. The van der Waals surface area contributed by atoms with Gasteiger partial charge in [-0.1, -0.05) is 90.9 Å². The summed E-state index contributed by atoms with van der Waals surface area (Å²) >= 11 is 3.47. The summed E-state index contributed by atoms with van der Waals surface area (Å²) in [4.78, 5) is 1.95. The maximum atomic E-state index is 9.67. The number of thioether (sulfide) groups is 2. The normalized spacial score (nSPS) is 10.7. The highest BCUT2D eigenvalue weighted by Crippen LogP contribution is 2.33. The van der Waals surface area contributed by atoms with Gasteiger partial charge in [-0.15, -0.1) is 23.5 Å². The summed E-state index contributed by atoms with van der Waals surface area (Å²) < 4.78 is 0. The second-order valence-corrected chi connectivity index (χ2v) is 10.2. The molecule has 0 aliphatic carbocycles. The van der Waals surface area contributed by atoms with Gasteiger partial charge >= 0.3 is 0 Å². The van der Waals surface area contributed by atoms with Crippen molar-refractivity contribution in [2.45, 2.75) is 114 Å². The first-order valence-electron chi connectivity index (χ1n) is 12.0. The monoisotopic (exact) mass is 444 g/mol. The highest BCUT2D eigenvalue weighted by Gasteiger charge is 2.14. The molecular weight excluding hydrogens is 404 g/mol. The van der Waals surface area contributed by atoms with Crippen LogP contribution in [0.5, 0.6) is 0 Å². The molecule has 1 aromatic rings. The van der Waals surface area contributed by atoms with Crippen LogP contribution in [-0.4, -0.2) is 11.5 Å². The average Bonchev–Trinajstić information content (AvgIpc) is 2.77. The molecule has 0 amide bonds. The van der Waals surface area contributed by atoms with Gasteiger partial charge in [-0.25, -0.2) is 0 Å². The highest BCUT2D eigenvalue weighted by atomic mass is 32.2. The van der Waals surface area contributed by atoms with Crippen LogP contribution in [0.4, 0.5) is 0 Å². The SMILES string of the molecule is CCCCCCCCCSc1ccc(SCCCCCCCCC)c(C#N)c1C#N. The van der Waals surface area contributed by atoms with E-state index in [0.29, 0.717) is 11.1 Å². The Labute approximate surface area is 194 Å². The molecule has 0 saturated carbocycles. The number of unbranched alkanes of at least 4 members (excludes halogenated alkanes) is 12. The van der Waals surface area contributed by atoms with Crippen molar-refractivity contribution in [2.75, 3.05) is 11.5 Å². The minimum Gasteiger partial charge on any atom is -0.192 e. The first kappa shape index (κ1) is 26.9. The van der Waals surface area contributed by atoms with E-state index in [0.717, 1.165) is 21.3 Å². The van der Waals surface area contributed by atoms with E-state index in [-0.39, 0.29) is 0 Å². The molecule has 0 N–H and O–H groups in total. The minimum atomic E-state index is 0.579. The Morgan fingerprint density at radius 2 is 0.900 bits per heavy atom. The summed E-state index contributed by atoms with van der Waals surface area (Å²) in [6.07, 6.45) is 18.2. The van der Waals surface area contributed by atoms with E-state index in [1.54, 1.807) is 23.5 Å². The Morgan fingerprint density at radius 1 is 0.567 bits per heavy atom. The molecule has 1 aromatic carbocycles. The lowest BCUT2D eigenvalue weighted by Crippen LogP contribution is -1.94. The molecule has 0 aliphatic heterocycles. The Hall–Kier alpha value is -1.10. The van der Waals surface area contributed by atoms with Crippen LogP contribution in [0.15, 0.2) is 21.9 Å². The zero-order valence-electron chi connectivity index (χ0n) is 19.2. The van der Waals surface area contributed by atoms with Crippen molar-refractivity contribution in [3.8, 4) is 12.1 Å². The van der Waals surface area contributed by atoms with E-state index in [9.17, 15) is 10.5 Å². The van der Waals surface area contributed by atoms with Crippen LogP contribution in [0.3, 0.4) is 0 Å². The van der Waals surface area contributed by atoms with Gasteiger partial charge in [0.25, 0.3) is 0 Å². The first-order valence-corrected chi connectivity index (χ1v) is 14.0. The number of hydrogen-bond acceptors (Lipinski definition) is 4. The molecule has 0 heterocycles. The lowest BCUT2D eigenvalue weighted by Gasteiger charge is -2.10. The summed E-state index contributed by atoms with van der Waals surface area (Å²) in [6.45, 7) is 4.50. The van der Waals surface area contributed by atoms with Gasteiger partial charge in [0, 0.05) is 9.79 Å². The number of rotatable bonds is 18. The molecule has 0 bridgehead atoms. The molecular formula is C26H40N2S2. The van der Waals surface area contributed by atoms with Gasteiger partial charge < -0.3 is 0 Å². The molecule has 1 rings (SSSR count). The summed E-state index contributed by atoms with van der Waals surface area (Å²) in [5, 5.41) is 19.3. The maximum Gasteiger partial charge on any atom is 0.102 e. The lowest BCUT2D eigenvalue weighted by molar-refractivity contribution is 0.603. The van der Waals surface area contributed by atoms with E-state index in [1.807, 2.05) is 0 Å². The molecule has 2 nitrogen and oxygen atoms in total. The fraction of sp³-hybridized carbons (Fsp3) is 0.692. The third-order valence-corrected chi connectivity index (χ3v) is 7.65. The van der Waals surface area contributed by atoms with Crippen LogP contribution >= 0.6 is 23.5 Å². The minimum absolute atomic E-state index is 0.579. The summed E-state index contributed by atoms with van der Waals surface area (Å²) in [7, 11) is 0. The zero-order valence-corrected chi connectivity index (χ0v) is 20.8. The zero-order chi connectivity index (χ0) is 21.9. The van der Waals surface area contributed by atoms with Gasteiger partial charge in [0.15, 0.2) is 0 Å². The predicted molar refractivity (Wildman–Crippen MR) is 133 cm³/mol. The smallest absolute Gasteiger partial charge is 0.102 e. The number of hydrogen-bond donors (Lipinski definition) is 0. The quantitative estimate of drug-likeness (QED) is 0.167. The first-order chi connectivity index (χ1) is 14.8. The molecule has 0 unspecified atom stereocenters. The molecule has 0 fully saturated rings. The number of nitriles is 2. The van der Waals surface area contributed by atoms with E-state index >= 15 is 0 Å². The predicted octanol–water partition coefficient (Wildman–Crippen LogP) is 9.12. The van der Waals surface area contributed by atoms with Gasteiger partial charge in [0.05, 0.1) is 11.1 Å². The molecule has 0 aromatic heterocycles. The Balaban J connectivity index is 2.42. The fourth-order valence-electron chi connectivity index (χ4n) is 3.51. The summed E-state index contributed by atoms with van der Waals surface area (Å²) in [6, 6.07) is 8.72. The van der Waals surface area contributed by atoms with Gasteiger partial charge in [-0.05, 0) is 36.5 Å². The third kappa shape index (κ3) is 11.3. The molecule has 166 valence electrons. The molecule has 30 heavy (non-hydrogen) atoms. The topological polar surface area (TPSA) is 47.6 Å². The van der Waals surface area contributed by atoms with Crippen LogP contribution in [0.2, 0.25) is 0 Å². The molecule has 0 atom stereocenters. The van der Waals surface area contributed by atoms with Crippen LogP contribution < -0.4 is 0 Å². The molecule has 0 saturated heterocycles. The van der Waals surface area contributed by atoms with Crippen LogP contribution in [0.25, 0.3) is 0 Å². The van der Waals surface area contributed by atoms with Crippen molar-refractivity contribution in [3.63, 3.8) is 0 Å². The van der Waals surface area contributed by atoms with Crippen molar-refractivity contribution in [3.05, 3.63) is 23.3 Å². The van der Waals surface area contributed by atoms with Crippen LogP contribution in [-0.2, 0) is 0 Å². The van der Waals surface area contributed by atoms with Crippen LogP contribution in [0, 0.1) is 22.7 Å². The van der Waals surface area contributed by atoms with Crippen molar-refractivity contribution in [1.82, 2.24) is 0 Å². The lowest BCUT2D eigenvalue weighted by atomic mass is 10.1. The van der Waals surface area contributed by atoms with Crippen molar-refractivity contribution in [1.29, 1.82) is 10.5 Å². The molecule has 0 spiro atoms. The largest absolute Gasteiger partial charge is 0.192 e. The van der Waals surface area contributed by atoms with Gasteiger partial charge in [-0.3, -0.25) is 0 Å². The molecule has 0 aliphatic rings. The number of benzene rings is 1. The van der Waals surface area contributed by atoms with Gasteiger partial charge in [0.1, 0.15) is 12.1 Å². The van der Waals surface area contributed by atoms with Gasteiger partial charge in [-0.2, -0.15) is 10.5 Å². The summed E-state index contributed by atoms with van der Waals surface area (Å²) in [5.74, 6) is 2.05. The molecule has 0 radical (unpaired) electrons. The second-order valence-electron chi connectivity index (χ2n) is 7.98. The standard InChI is InChI=1S/C26H40N2S2/c1-3-5-7-9-11-13-15-19-29-25-17-18-26(24(22-28)23(25)21-27)30-20-16-14-12-10-8-6-4-2/h17-18H,3-16,19-20H2,1-2H3. The number of nitrogens with zero attached hydrogens (tertiary/aromatic N) is 2. The van der Waals surface area contributed by atoms with Gasteiger partial charge in [0.2, 0.25) is 0 Å². The maximum absolute atomic E-state index is 9.67. The summed E-state index contributed by atoms with van der Waals surface area (Å²) in [5.41, 5.74) is 1.16. The van der Waals surface area contributed by atoms with Crippen molar-refractivity contribution >= 4 is 23.5 Å². The second kappa shape index (κ2) is 18.7. The Morgan fingerprint density at radius 3 is 1.23 bits per heavy atom. The van der Waals surface area contributed by atoms with Crippen molar-refractivity contribution in [2.24, 2.45) is 0 Å². The van der Waals surface area contributed by atoms with E-state index in [1.165, 1.54) is 89.9 Å². The van der Waals surface area contributed by atoms with Crippen molar-refractivity contribution < 1.29 is 0 Å². The van der Waals surface area contributed by atoms with E-state index < -0.39 is 0 Å². The van der Waals surface area contributed by atoms with E-state index in [4.69, 9.17) is 0 Å². The Kier molecular flexibility index (Phi) is 16.7. The average molecular weight is 445 g/mol. The van der Waals surface area contributed by atoms with E-state index in [2.05, 4.69) is 38.1 Å². The Bertz CT molecular complexity index is 601. The fourth-order valence-corrected chi connectivity index (χ4v) is 5.56. The van der Waals surface area contributed by atoms with Crippen LogP contribution in [0.1, 0.15) is 115 Å². The molecule has 4 heteroatoms. The third-order valence-electron chi connectivity index (χ3n) is 5.36.